The fourth-order valence-corrected chi connectivity index (χ4v) is 2.74. The summed E-state index contributed by atoms with van der Waals surface area (Å²) in [6.45, 7) is 2.46. The van der Waals surface area contributed by atoms with Crippen LogP contribution in [0.1, 0.15) is 15.9 Å². The van der Waals surface area contributed by atoms with Crippen LogP contribution in [-0.4, -0.2) is 23.4 Å². The van der Waals surface area contributed by atoms with E-state index in [1.807, 2.05) is 25.1 Å². The van der Waals surface area contributed by atoms with Gasteiger partial charge in [-0.3, -0.25) is 0 Å². The van der Waals surface area contributed by atoms with Gasteiger partial charge in [-0.15, -0.1) is 11.8 Å². The first-order valence-electron chi connectivity index (χ1n) is 6.52. The third kappa shape index (κ3) is 4.16. The zero-order chi connectivity index (χ0) is 15.2. The number of carboxylic acids is 1. The number of aryl methyl sites for hydroxylation is 1. The maximum atomic E-state index is 11.1. The van der Waals surface area contributed by atoms with E-state index in [2.05, 4.69) is 0 Å². The molecular weight excluding hydrogens is 286 g/mol. The first-order valence-corrected chi connectivity index (χ1v) is 7.50. The average molecular weight is 303 g/mol. The second kappa shape index (κ2) is 7.04. The third-order valence-electron chi connectivity index (χ3n) is 2.91. The van der Waals surface area contributed by atoms with Gasteiger partial charge in [0, 0.05) is 16.3 Å². The number of rotatable bonds is 6. The predicted molar refractivity (Wildman–Crippen MR) is 85.2 cm³/mol. The number of hydrogen-bond donors (Lipinski definition) is 2. The number of benzene rings is 2. The largest absolute Gasteiger partial charge is 0.492 e. The lowest BCUT2D eigenvalue weighted by atomic mass is 10.2. The van der Waals surface area contributed by atoms with E-state index in [9.17, 15) is 4.79 Å². The summed E-state index contributed by atoms with van der Waals surface area (Å²) < 4.78 is 5.56. The summed E-state index contributed by atoms with van der Waals surface area (Å²) in [6, 6.07) is 12.4. The van der Waals surface area contributed by atoms with E-state index < -0.39 is 5.97 Å². The lowest BCUT2D eigenvalue weighted by molar-refractivity contribution is 0.0692. The molecule has 0 heterocycles. The van der Waals surface area contributed by atoms with Gasteiger partial charge in [-0.1, -0.05) is 12.1 Å². The molecule has 3 N–H and O–H groups in total. The molecule has 110 valence electrons. The van der Waals surface area contributed by atoms with Crippen molar-refractivity contribution in [2.75, 3.05) is 18.1 Å². The molecule has 5 heteroatoms. The Morgan fingerprint density at radius 3 is 2.76 bits per heavy atom. The molecule has 0 atom stereocenters. The van der Waals surface area contributed by atoms with Crippen LogP contribution in [0.2, 0.25) is 0 Å². The Labute approximate surface area is 127 Å². The molecule has 0 bridgehead atoms. The quantitative estimate of drug-likeness (QED) is 0.486. The average Bonchev–Trinajstić information content (AvgIpc) is 2.45. The third-order valence-corrected chi connectivity index (χ3v) is 4.05. The Bertz CT molecular complexity index is 643. The number of para-hydroxylation sites is 1. The summed E-state index contributed by atoms with van der Waals surface area (Å²) in [5, 5.41) is 9.07. The van der Waals surface area contributed by atoms with Crippen molar-refractivity contribution < 1.29 is 14.6 Å². The number of anilines is 1. The summed E-state index contributed by atoms with van der Waals surface area (Å²) in [6.07, 6.45) is 0. The summed E-state index contributed by atoms with van der Waals surface area (Å²) in [5.41, 5.74) is 7.78. The van der Waals surface area contributed by atoms with Crippen LogP contribution in [-0.2, 0) is 0 Å². The lowest BCUT2D eigenvalue weighted by Gasteiger charge is -2.10. The van der Waals surface area contributed by atoms with Crippen LogP contribution >= 0.6 is 11.8 Å². The minimum atomic E-state index is -0.979. The number of carbonyl (C=O) groups is 1. The predicted octanol–water partition coefficient (Wildman–Crippen LogP) is 3.45. The van der Waals surface area contributed by atoms with Crippen molar-refractivity contribution in [3.63, 3.8) is 0 Å². The normalized spacial score (nSPS) is 10.3. The molecule has 0 spiro atoms. The highest BCUT2D eigenvalue weighted by Crippen LogP contribution is 2.24. The van der Waals surface area contributed by atoms with E-state index >= 15 is 0 Å². The summed E-state index contributed by atoms with van der Waals surface area (Å²) in [5.74, 6) is 0.158. The van der Waals surface area contributed by atoms with Crippen molar-refractivity contribution in [2.24, 2.45) is 0 Å². The summed E-state index contributed by atoms with van der Waals surface area (Å²) in [4.78, 5) is 12.2. The fourth-order valence-electron chi connectivity index (χ4n) is 1.91. The van der Waals surface area contributed by atoms with Crippen LogP contribution in [0.4, 0.5) is 5.69 Å². The molecule has 0 aromatic heterocycles. The zero-order valence-corrected chi connectivity index (χ0v) is 12.5. The number of thioether (sulfide) groups is 1. The van der Waals surface area contributed by atoms with Gasteiger partial charge in [-0.05, 0) is 42.8 Å². The Morgan fingerprint density at radius 1 is 1.29 bits per heavy atom. The van der Waals surface area contributed by atoms with E-state index in [0.29, 0.717) is 12.4 Å². The second-order valence-electron chi connectivity index (χ2n) is 4.52. The van der Waals surface area contributed by atoms with Gasteiger partial charge in [0.1, 0.15) is 11.3 Å². The smallest absolute Gasteiger partial charge is 0.339 e. The maximum Gasteiger partial charge on any atom is 0.339 e. The fraction of sp³-hybridized carbons (Fsp3) is 0.188. The highest BCUT2D eigenvalue weighted by molar-refractivity contribution is 7.99. The van der Waals surface area contributed by atoms with Crippen molar-refractivity contribution in [2.45, 2.75) is 11.8 Å². The van der Waals surface area contributed by atoms with Crippen molar-refractivity contribution in [3.8, 4) is 5.75 Å². The van der Waals surface area contributed by atoms with E-state index in [0.717, 1.165) is 21.9 Å². The van der Waals surface area contributed by atoms with E-state index in [-0.39, 0.29) is 5.56 Å². The molecular formula is C16H17NO3S. The molecule has 0 saturated heterocycles. The summed E-state index contributed by atoms with van der Waals surface area (Å²) in [7, 11) is 0. The number of carboxylic acid groups (broad SMARTS) is 1. The van der Waals surface area contributed by atoms with Gasteiger partial charge in [-0.25, -0.2) is 4.79 Å². The van der Waals surface area contributed by atoms with Gasteiger partial charge in [0.25, 0.3) is 0 Å². The van der Waals surface area contributed by atoms with Gasteiger partial charge in [0.15, 0.2) is 0 Å². The Hall–Kier alpha value is -2.14. The van der Waals surface area contributed by atoms with Gasteiger partial charge < -0.3 is 15.6 Å². The van der Waals surface area contributed by atoms with E-state index in [1.54, 1.807) is 30.0 Å². The summed E-state index contributed by atoms with van der Waals surface area (Å²) >= 11 is 1.66. The molecule has 2 rings (SSSR count). The molecule has 0 saturated carbocycles. The molecule has 2 aromatic rings. The molecule has 0 amide bonds. The monoisotopic (exact) mass is 303 g/mol. The molecule has 2 aromatic carbocycles. The molecule has 0 unspecified atom stereocenters. The molecule has 0 aliphatic heterocycles. The van der Waals surface area contributed by atoms with Crippen LogP contribution in [0, 0.1) is 6.92 Å². The number of ether oxygens (including phenoxy) is 1. The van der Waals surface area contributed by atoms with Crippen LogP contribution in [0.5, 0.6) is 5.75 Å². The molecule has 4 nitrogen and oxygen atoms in total. The Morgan fingerprint density at radius 2 is 2.05 bits per heavy atom. The first-order chi connectivity index (χ1) is 10.1. The maximum absolute atomic E-state index is 11.1. The second-order valence-corrected chi connectivity index (χ2v) is 5.66. The van der Waals surface area contributed by atoms with Crippen molar-refractivity contribution in [1.29, 1.82) is 0 Å². The standard InChI is InChI=1S/C16H17NO3S/c1-11-10-12(17)6-7-15(11)21-9-8-20-14-5-3-2-4-13(14)16(18)19/h2-7,10H,8-9,17H2,1H3,(H,18,19). The molecule has 0 radical (unpaired) electrons. The molecule has 21 heavy (non-hydrogen) atoms. The first kappa shape index (κ1) is 15.3. The number of hydrogen-bond acceptors (Lipinski definition) is 4. The topological polar surface area (TPSA) is 72.5 Å². The van der Waals surface area contributed by atoms with Gasteiger partial charge >= 0.3 is 5.97 Å². The highest BCUT2D eigenvalue weighted by atomic mass is 32.2. The van der Waals surface area contributed by atoms with Crippen molar-refractivity contribution in [1.82, 2.24) is 0 Å². The minimum Gasteiger partial charge on any atom is -0.492 e. The van der Waals surface area contributed by atoms with Crippen LogP contribution < -0.4 is 10.5 Å². The van der Waals surface area contributed by atoms with Crippen LogP contribution in [0.3, 0.4) is 0 Å². The number of nitrogen functional groups attached to an aromatic ring is 1. The van der Waals surface area contributed by atoms with Crippen LogP contribution in [0.15, 0.2) is 47.4 Å². The number of aromatic carboxylic acids is 1. The van der Waals surface area contributed by atoms with E-state index in [1.165, 1.54) is 6.07 Å². The molecule has 0 aliphatic rings. The number of nitrogens with two attached hydrogens (primary N) is 1. The van der Waals surface area contributed by atoms with Gasteiger partial charge in [0.05, 0.1) is 6.61 Å². The lowest BCUT2D eigenvalue weighted by Crippen LogP contribution is -2.05. The van der Waals surface area contributed by atoms with Gasteiger partial charge in [-0.2, -0.15) is 0 Å². The van der Waals surface area contributed by atoms with Crippen LogP contribution in [0.25, 0.3) is 0 Å². The van der Waals surface area contributed by atoms with Crippen molar-refractivity contribution in [3.05, 3.63) is 53.6 Å². The molecule has 0 aliphatic carbocycles. The van der Waals surface area contributed by atoms with E-state index in [4.69, 9.17) is 15.6 Å². The molecule has 0 fully saturated rings. The SMILES string of the molecule is Cc1cc(N)ccc1SCCOc1ccccc1C(=O)O. The minimum absolute atomic E-state index is 0.186. The zero-order valence-electron chi connectivity index (χ0n) is 11.7. The Balaban J connectivity index is 1.89. The van der Waals surface area contributed by atoms with Crippen molar-refractivity contribution >= 4 is 23.4 Å². The highest BCUT2D eigenvalue weighted by Gasteiger charge is 2.09. The Kier molecular flexibility index (Phi) is 5.11. The van der Waals surface area contributed by atoms with Gasteiger partial charge in [0.2, 0.25) is 0 Å².